The fraction of sp³-hybridized carbons (Fsp3) is 0.905. The number of carbonyl (C=O) groups excluding carboxylic acids is 2. The van der Waals surface area contributed by atoms with Crippen molar-refractivity contribution in [1.29, 1.82) is 0 Å². The maximum atomic E-state index is 12.7. The summed E-state index contributed by atoms with van der Waals surface area (Å²) in [4.78, 5) is 28.5. The summed E-state index contributed by atoms with van der Waals surface area (Å²) in [5.74, 6) is 1.05. The van der Waals surface area contributed by atoms with E-state index in [-0.39, 0.29) is 34.9 Å². The summed E-state index contributed by atoms with van der Waals surface area (Å²) in [7, 11) is 0. The number of hydrogen-bond donors (Lipinski definition) is 0. The van der Waals surface area contributed by atoms with Gasteiger partial charge in [0.25, 0.3) is 0 Å². The van der Waals surface area contributed by atoms with Crippen LogP contribution in [-0.4, -0.2) is 72.7 Å². The Morgan fingerprint density at radius 2 is 1.96 bits per heavy atom. The van der Waals surface area contributed by atoms with Crippen molar-refractivity contribution >= 4 is 11.9 Å². The highest BCUT2D eigenvalue weighted by molar-refractivity contribution is 5.76. The number of epoxide rings is 1. The lowest BCUT2D eigenvalue weighted by Gasteiger charge is -2.51. The Hall–Kier alpha value is -1.14. The molecule has 5 rings (SSSR count). The van der Waals surface area contributed by atoms with Gasteiger partial charge in [-0.25, -0.2) is 0 Å². The van der Waals surface area contributed by atoms with Crippen LogP contribution in [0.1, 0.15) is 46.0 Å². The second-order valence-electron chi connectivity index (χ2n) is 9.91. The highest BCUT2D eigenvalue weighted by atomic mass is 16.6. The predicted molar refractivity (Wildman–Crippen MR) is 98.9 cm³/mol. The summed E-state index contributed by atoms with van der Waals surface area (Å²) in [6.07, 6.45) is 5.84. The van der Waals surface area contributed by atoms with E-state index < -0.39 is 0 Å². The zero-order valence-electron chi connectivity index (χ0n) is 16.6. The largest absolute Gasteiger partial charge is 0.462 e. The van der Waals surface area contributed by atoms with Crippen LogP contribution in [-0.2, 0) is 19.1 Å². The highest BCUT2D eigenvalue weighted by Gasteiger charge is 2.65. The summed E-state index contributed by atoms with van der Waals surface area (Å²) in [5.41, 5.74) is 0.374. The molecule has 0 N–H and O–H groups in total. The average Bonchev–Trinajstić information content (AvgIpc) is 3.33. The minimum Gasteiger partial charge on any atom is -0.462 e. The molecule has 3 heterocycles. The lowest BCUT2D eigenvalue weighted by molar-refractivity contribution is -0.147. The molecule has 2 saturated carbocycles. The normalized spacial score (nSPS) is 46.7. The third kappa shape index (κ3) is 2.91. The van der Waals surface area contributed by atoms with Gasteiger partial charge < -0.3 is 14.4 Å². The summed E-state index contributed by atoms with van der Waals surface area (Å²) < 4.78 is 11.9. The molecule has 6 nitrogen and oxygen atoms in total. The average molecular weight is 376 g/mol. The summed E-state index contributed by atoms with van der Waals surface area (Å²) >= 11 is 0. The Kier molecular flexibility index (Phi) is 4.10. The zero-order valence-corrected chi connectivity index (χ0v) is 16.6. The van der Waals surface area contributed by atoms with Crippen LogP contribution in [0.5, 0.6) is 0 Å². The van der Waals surface area contributed by atoms with Gasteiger partial charge in [-0.2, -0.15) is 0 Å². The number of nitrogens with zero attached hydrogens (tertiary/aromatic N) is 2. The Labute approximate surface area is 161 Å². The molecule has 1 spiro atoms. The van der Waals surface area contributed by atoms with Gasteiger partial charge >= 0.3 is 5.97 Å². The first-order chi connectivity index (χ1) is 12.9. The first-order valence-corrected chi connectivity index (χ1v) is 10.7. The molecule has 0 aromatic heterocycles. The van der Waals surface area contributed by atoms with Crippen LogP contribution in [0.4, 0.5) is 0 Å². The van der Waals surface area contributed by atoms with Crippen LogP contribution < -0.4 is 0 Å². The smallest absolute Gasteiger partial charge is 0.310 e. The topological polar surface area (TPSA) is 62.4 Å². The fourth-order valence-electron chi connectivity index (χ4n) is 6.69. The van der Waals surface area contributed by atoms with Crippen molar-refractivity contribution in [2.45, 2.75) is 57.7 Å². The van der Waals surface area contributed by atoms with Gasteiger partial charge in [0.15, 0.2) is 0 Å². The van der Waals surface area contributed by atoms with Crippen molar-refractivity contribution in [2.24, 2.45) is 23.2 Å². The van der Waals surface area contributed by atoms with Crippen LogP contribution in [0.15, 0.2) is 0 Å². The molecule has 6 heteroatoms. The second-order valence-corrected chi connectivity index (χ2v) is 9.91. The van der Waals surface area contributed by atoms with Gasteiger partial charge in [-0.1, -0.05) is 6.92 Å². The molecular weight excluding hydrogens is 344 g/mol. The molecule has 3 aliphatic heterocycles. The van der Waals surface area contributed by atoms with E-state index in [9.17, 15) is 9.59 Å². The number of carbonyl (C=O) groups is 2. The van der Waals surface area contributed by atoms with Crippen molar-refractivity contribution in [3.05, 3.63) is 0 Å². The molecule has 0 aromatic rings. The second kappa shape index (κ2) is 6.18. The number of rotatable bonds is 2. The first-order valence-electron chi connectivity index (χ1n) is 10.7. The quantitative estimate of drug-likeness (QED) is 0.542. The molecule has 3 saturated heterocycles. The molecular formula is C21H32N2O4. The van der Waals surface area contributed by atoms with Crippen molar-refractivity contribution in [3.8, 4) is 0 Å². The van der Waals surface area contributed by atoms with Crippen LogP contribution in [0.2, 0.25) is 0 Å². The van der Waals surface area contributed by atoms with Crippen molar-refractivity contribution in [1.82, 2.24) is 9.80 Å². The number of fused-ring (bicyclic) bond motifs is 3. The molecule has 2 aliphatic carbocycles. The van der Waals surface area contributed by atoms with Crippen molar-refractivity contribution in [2.75, 3.05) is 39.3 Å². The Bertz CT molecular complexity index is 640. The van der Waals surface area contributed by atoms with Crippen molar-refractivity contribution < 1.29 is 19.1 Å². The van der Waals surface area contributed by atoms with Gasteiger partial charge in [0, 0.05) is 45.6 Å². The molecule has 1 amide bonds. The van der Waals surface area contributed by atoms with E-state index in [2.05, 4.69) is 11.8 Å². The summed E-state index contributed by atoms with van der Waals surface area (Å²) in [6, 6.07) is 0. The van der Waals surface area contributed by atoms with Gasteiger partial charge in [-0.15, -0.1) is 0 Å². The highest BCUT2D eigenvalue weighted by Crippen LogP contribution is 2.62. The number of ether oxygens (including phenoxy) is 2. The maximum absolute atomic E-state index is 12.7. The van der Waals surface area contributed by atoms with E-state index in [0.29, 0.717) is 11.8 Å². The zero-order chi connectivity index (χ0) is 18.8. The van der Waals surface area contributed by atoms with Gasteiger partial charge in [0.1, 0.15) is 6.10 Å². The van der Waals surface area contributed by atoms with Crippen LogP contribution in [0, 0.1) is 23.2 Å². The lowest BCUT2D eigenvalue weighted by atomic mass is 9.53. The molecule has 150 valence electrons. The van der Waals surface area contributed by atoms with Gasteiger partial charge in [-0.3, -0.25) is 14.5 Å². The Balaban J connectivity index is 1.28. The Morgan fingerprint density at radius 1 is 1.22 bits per heavy atom. The predicted octanol–water partition coefficient (Wildman–Crippen LogP) is 1.68. The van der Waals surface area contributed by atoms with E-state index in [1.807, 2.05) is 4.90 Å². The minimum absolute atomic E-state index is 0.00649. The van der Waals surface area contributed by atoms with Crippen LogP contribution >= 0.6 is 0 Å². The van der Waals surface area contributed by atoms with E-state index in [4.69, 9.17) is 9.47 Å². The molecule has 5 aliphatic rings. The van der Waals surface area contributed by atoms with Crippen LogP contribution in [0.25, 0.3) is 0 Å². The third-order valence-corrected chi connectivity index (χ3v) is 8.35. The molecule has 6 atom stereocenters. The number of piperazine rings is 1. The van der Waals surface area contributed by atoms with E-state index >= 15 is 0 Å². The molecule has 0 bridgehead atoms. The molecule has 3 unspecified atom stereocenters. The van der Waals surface area contributed by atoms with Gasteiger partial charge in [0.2, 0.25) is 5.91 Å². The monoisotopic (exact) mass is 376 g/mol. The van der Waals surface area contributed by atoms with E-state index in [1.165, 1.54) is 19.3 Å². The fourth-order valence-corrected chi connectivity index (χ4v) is 6.69. The molecule has 5 fully saturated rings. The van der Waals surface area contributed by atoms with Gasteiger partial charge in [0.05, 0.1) is 18.1 Å². The van der Waals surface area contributed by atoms with Crippen LogP contribution in [0.3, 0.4) is 0 Å². The standard InChI is InChI=1S/C21H32N2O4/c1-14(24)23-8-6-22(7-9-23)12-16-15-10-18-20(2,11-17(15)27-19(16)25)4-3-5-21(18)13-26-21/h15-18H,3-13H2,1-2H3/t15-,16?,17-,18?,20-,21?/m1/s1. The molecule has 0 aromatic carbocycles. The van der Waals surface area contributed by atoms with E-state index in [1.54, 1.807) is 6.92 Å². The third-order valence-electron chi connectivity index (χ3n) is 8.35. The SMILES string of the molecule is CC(=O)N1CCN(CC2C(=O)O[C@@H]3C[C@@]4(C)CCCC5(CO5)C4C[C@H]23)CC1. The number of amides is 1. The van der Waals surface area contributed by atoms with Crippen molar-refractivity contribution in [3.63, 3.8) is 0 Å². The summed E-state index contributed by atoms with van der Waals surface area (Å²) in [6.45, 7) is 8.97. The molecule has 0 radical (unpaired) electrons. The number of esters is 1. The van der Waals surface area contributed by atoms with E-state index in [0.717, 1.165) is 52.2 Å². The maximum Gasteiger partial charge on any atom is 0.310 e. The summed E-state index contributed by atoms with van der Waals surface area (Å²) in [5, 5.41) is 0. The molecule has 27 heavy (non-hydrogen) atoms. The minimum atomic E-state index is -0.0128. The lowest BCUT2D eigenvalue weighted by Crippen LogP contribution is -2.52. The van der Waals surface area contributed by atoms with Gasteiger partial charge in [-0.05, 0) is 43.4 Å². The number of hydrogen-bond acceptors (Lipinski definition) is 5. The first kappa shape index (κ1) is 17.9. The Morgan fingerprint density at radius 3 is 2.63 bits per heavy atom.